The first kappa shape index (κ1) is 17.3. The van der Waals surface area contributed by atoms with E-state index in [2.05, 4.69) is 21.2 Å². The van der Waals surface area contributed by atoms with E-state index < -0.39 is 15.9 Å². The molecule has 0 saturated heterocycles. The predicted molar refractivity (Wildman–Crippen MR) is 96.0 cm³/mol. The second-order valence-corrected chi connectivity index (χ2v) is 7.62. The average Bonchev–Trinajstić information content (AvgIpc) is 2.54. The topological polar surface area (TPSA) is 119 Å². The predicted octanol–water partition coefficient (Wildman–Crippen LogP) is 2.46. The molecule has 1 heterocycles. The fourth-order valence-electron chi connectivity index (χ4n) is 2.16. The zero-order chi connectivity index (χ0) is 18.2. The van der Waals surface area contributed by atoms with Gasteiger partial charge in [-0.15, -0.1) is 0 Å². The van der Waals surface area contributed by atoms with Gasteiger partial charge >= 0.3 is 0 Å². The van der Waals surface area contributed by atoms with E-state index in [1.165, 1.54) is 24.3 Å². The maximum Gasteiger partial charge on any atom is 0.291 e. The van der Waals surface area contributed by atoms with E-state index in [-0.39, 0.29) is 21.7 Å². The number of halogens is 1. The molecule has 0 unspecified atom stereocenters. The van der Waals surface area contributed by atoms with Crippen LogP contribution in [-0.4, -0.2) is 14.3 Å². The molecule has 1 aromatic heterocycles. The monoisotopic (exact) mass is 422 g/mol. The number of carbonyl (C=O) groups is 1. The van der Waals surface area contributed by atoms with Crippen molar-refractivity contribution in [1.29, 1.82) is 0 Å². The van der Waals surface area contributed by atoms with E-state index in [9.17, 15) is 18.0 Å². The van der Waals surface area contributed by atoms with Crippen molar-refractivity contribution in [3.05, 3.63) is 69.0 Å². The summed E-state index contributed by atoms with van der Waals surface area (Å²) < 4.78 is 28.6. The van der Waals surface area contributed by atoms with Crippen molar-refractivity contribution < 1.29 is 17.6 Å². The van der Waals surface area contributed by atoms with Gasteiger partial charge in [0.25, 0.3) is 5.91 Å². The molecule has 0 aliphatic heterocycles. The van der Waals surface area contributed by atoms with Gasteiger partial charge < -0.3 is 9.73 Å². The molecule has 1 amide bonds. The van der Waals surface area contributed by atoms with Gasteiger partial charge in [0.2, 0.25) is 10.0 Å². The first-order valence-electron chi connectivity index (χ1n) is 6.92. The molecule has 2 aromatic carbocycles. The fourth-order valence-corrected chi connectivity index (χ4v) is 3.02. The summed E-state index contributed by atoms with van der Waals surface area (Å²) in [6.07, 6.45) is 0. The molecule has 3 rings (SSSR count). The Balaban J connectivity index is 1.91. The van der Waals surface area contributed by atoms with Gasteiger partial charge in [-0.05, 0) is 42.5 Å². The number of carbonyl (C=O) groups excluding carboxylic acids is 1. The first-order chi connectivity index (χ1) is 11.7. The van der Waals surface area contributed by atoms with Gasteiger partial charge in [0, 0.05) is 16.2 Å². The summed E-state index contributed by atoms with van der Waals surface area (Å²) in [6.45, 7) is 0. The van der Waals surface area contributed by atoms with Crippen LogP contribution >= 0.6 is 15.9 Å². The Morgan fingerprint density at radius 1 is 1.08 bits per heavy atom. The molecule has 0 bridgehead atoms. The highest BCUT2D eigenvalue weighted by molar-refractivity contribution is 9.10. The van der Waals surface area contributed by atoms with Gasteiger partial charge in [0.1, 0.15) is 5.58 Å². The SMILES string of the molecule is NS(=O)(=O)c1ccc(NC(=O)c2cc(=O)c3ccc(Br)cc3o2)cc1. The third kappa shape index (κ3) is 3.78. The van der Waals surface area contributed by atoms with E-state index >= 15 is 0 Å². The molecule has 0 saturated carbocycles. The van der Waals surface area contributed by atoms with Crippen molar-refractivity contribution in [2.75, 3.05) is 5.32 Å². The minimum atomic E-state index is -3.81. The van der Waals surface area contributed by atoms with Gasteiger partial charge in [-0.2, -0.15) is 0 Å². The summed E-state index contributed by atoms with van der Waals surface area (Å²) in [4.78, 5) is 24.3. The van der Waals surface area contributed by atoms with Crippen molar-refractivity contribution in [3.63, 3.8) is 0 Å². The van der Waals surface area contributed by atoms with Crippen LogP contribution in [0.15, 0.2) is 67.1 Å². The zero-order valence-corrected chi connectivity index (χ0v) is 14.9. The minimum absolute atomic E-state index is 0.0763. The summed E-state index contributed by atoms with van der Waals surface area (Å²) in [7, 11) is -3.81. The molecule has 9 heteroatoms. The van der Waals surface area contributed by atoms with Crippen LogP contribution in [0.2, 0.25) is 0 Å². The number of primary sulfonamides is 1. The van der Waals surface area contributed by atoms with Crippen LogP contribution in [0, 0.1) is 0 Å². The third-order valence-corrected chi connectivity index (χ3v) is 4.78. The highest BCUT2D eigenvalue weighted by Gasteiger charge is 2.14. The smallest absolute Gasteiger partial charge is 0.291 e. The summed E-state index contributed by atoms with van der Waals surface area (Å²) in [6, 6.07) is 11.3. The van der Waals surface area contributed by atoms with Crippen LogP contribution in [0.4, 0.5) is 5.69 Å². The Morgan fingerprint density at radius 3 is 2.40 bits per heavy atom. The van der Waals surface area contributed by atoms with Crippen LogP contribution in [0.5, 0.6) is 0 Å². The number of rotatable bonds is 3. The molecule has 25 heavy (non-hydrogen) atoms. The second kappa shape index (κ2) is 6.43. The van der Waals surface area contributed by atoms with Gasteiger partial charge in [0.15, 0.2) is 11.2 Å². The second-order valence-electron chi connectivity index (χ2n) is 5.14. The van der Waals surface area contributed by atoms with Crippen molar-refractivity contribution in [2.24, 2.45) is 5.14 Å². The lowest BCUT2D eigenvalue weighted by molar-refractivity contribution is 0.0997. The molecule has 3 aromatic rings. The van der Waals surface area contributed by atoms with E-state index in [0.29, 0.717) is 15.5 Å². The number of benzene rings is 2. The number of anilines is 1. The molecule has 0 fully saturated rings. The largest absolute Gasteiger partial charge is 0.451 e. The lowest BCUT2D eigenvalue weighted by Gasteiger charge is -2.06. The molecular formula is C16H11BrN2O5S. The number of amides is 1. The van der Waals surface area contributed by atoms with Crippen molar-refractivity contribution in [1.82, 2.24) is 0 Å². The quantitative estimate of drug-likeness (QED) is 0.671. The number of sulfonamides is 1. The number of hydrogen-bond acceptors (Lipinski definition) is 5. The Labute approximate surface area is 150 Å². The van der Waals surface area contributed by atoms with E-state index in [1.54, 1.807) is 18.2 Å². The standard InChI is InChI=1S/C16H11BrN2O5S/c17-9-1-6-12-13(20)8-15(24-14(12)7-9)16(21)19-10-2-4-11(5-3-10)25(18,22)23/h1-8H,(H,19,21)(H2,18,22,23). The Morgan fingerprint density at radius 2 is 1.76 bits per heavy atom. The molecule has 0 aliphatic carbocycles. The molecule has 3 N–H and O–H groups in total. The zero-order valence-electron chi connectivity index (χ0n) is 12.5. The van der Waals surface area contributed by atoms with Crippen LogP contribution in [0.1, 0.15) is 10.6 Å². The van der Waals surface area contributed by atoms with Crippen molar-refractivity contribution in [3.8, 4) is 0 Å². The summed E-state index contributed by atoms with van der Waals surface area (Å²) in [5, 5.41) is 7.90. The number of nitrogens with two attached hydrogens (primary N) is 1. The van der Waals surface area contributed by atoms with Crippen molar-refractivity contribution in [2.45, 2.75) is 4.90 Å². The Hall–Kier alpha value is -2.49. The molecule has 128 valence electrons. The van der Waals surface area contributed by atoms with Crippen molar-refractivity contribution >= 4 is 48.5 Å². The van der Waals surface area contributed by atoms with Crippen LogP contribution in [0.25, 0.3) is 11.0 Å². The highest BCUT2D eigenvalue weighted by Crippen LogP contribution is 2.19. The van der Waals surface area contributed by atoms with E-state index in [0.717, 1.165) is 6.07 Å². The van der Waals surface area contributed by atoms with Gasteiger partial charge in [0.05, 0.1) is 10.3 Å². The normalized spacial score (nSPS) is 11.4. The van der Waals surface area contributed by atoms with Gasteiger partial charge in [-0.1, -0.05) is 15.9 Å². The number of hydrogen-bond donors (Lipinski definition) is 2. The third-order valence-electron chi connectivity index (χ3n) is 3.36. The van der Waals surface area contributed by atoms with E-state index in [4.69, 9.17) is 9.56 Å². The Bertz CT molecular complexity index is 1140. The molecule has 0 radical (unpaired) electrons. The Kier molecular flexibility index (Phi) is 4.46. The lowest BCUT2D eigenvalue weighted by atomic mass is 10.2. The van der Waals surface area contributed by atoms with Gasteiger partial charge in [-0.25, -0.2) is 13.6 Å². The fraction of sp³-hybridized carbons (Fsp3) is 0. The van der Waals surface area contributed by atoms with Gasteiger partial charge in [-0.3, -0.25) is 9.59 Å². The minimum Gasteiger partial charge on any atom is -0.451 e. The molecule has 0 atom stereocenters. The van der Waals surface area contributed by atoms with Crippen LogP contribution in [-0.2, 0) is 10.0 Å². The number of fused-ring (bicyclic) bond motifs is 1. The molecular weight excluding hydrogens is 412 g/mol. The van der Waals surface area contributed by atoms with Crippen LogP contribution < -0.4 is 15.9 Å². The maximum atomic E-state index is 12.3. The summed E-state index contributed by atoms with van der Waals surface area (Å²) in [5.41, 5.74) is 0.259. The highest BCUT2D eigenvalue weighted by atomic mass is 79.9. The lowest BCUT2D eigenvalue weighted by Crippen LogP contribution is -2.15. The first-order valence-corrected chi connectivity index (χ1v) is 9.25. The molecule has 7 nitrogen and oxygen atoms in total. The average molecular weight is 423 g/mol. The summed E-state index contributed by atoms with van der Waals surface area (Å²) in [5.74, 6) is -0.798. The molecule has 0 spiro atoms. The molecule has 0 aliphatic rings. The van der Waals surface area contributed by atoms with Crippen LogP contribution in [0.3, 0.4) is 0 Å². The maximum absolute atomic E-state index is 12.3. The van der Waals surface area contributed by atoms with E-state index in [1.807, 2.05) is 0 Å². The summed E-state index contributed by atoms with van der Waals surface area (Å²) >= 11 is 3.27. The number of nitrogens with one attached hydrogen (secondary N) is 1.